The number of carbonyl (C=O) groups excluding carboxylic acids is 1. The Kier molecular flexibility index (Phi) is 6.95. The van der Waals surface area contributed by atoms with Gasteiger partial charge in [0.15, 0.2) is 0 Å². The number of carboxylic acids is 1. The van der Waals surface area contributed by atoms with Gasteiger partial charge >= 0.3 is 12.1 Å². The Morgan fingerprint density at radius 3 is 2.24 bits per heavy atom. The summed E-state index contributed by atoms with van der Waals surface area (Å²) in [6.45, 7) is 6.85. The number of hydrogen-bond acceptors (Lipinski definition) is 5. The highest BCUT2D eigenvalue weighted by Gasteiger charge is 2.25. The maximum absolute atomic E-state index is 12.3. The van der Waals surface area contributed by atoms with Gasteiger partial charge in [-0.3, -0.25) is 4.79 Å². The van der Waals surface area contributed by atoms with Gasteiger partial charge in [0.1, 0.15) is 11.6 Å². The van der Waals surface area contributed by atoms with E-state index in [1.807, 2.05) is 6.92 Å². The lowest BCUT2D eigenvalue weighted by molar-refractivity contribution is -0.139. The van der Waals surface area contributed by atoms with Gasteiger partial charge in [0.2, 0.25) is 10.0 Å². The molecule has 1 amide bonds. The molecule has 0 radical (unpaired) electrons. The summed E-state index contributed by atoms with van der Waals surface area (Å²) in [5, 5.41) is 11.6. The predicted octanol–water partition coefficient (Wildman–Crippen LogP) is 1.64. The highest BCUT2D eigenvalue weighted by molar-refractivity contribution is 7.89. The fraction of sp³-hybridized carbons (Fsp3) is 0.500. The Hall–Kier alpha value is -2.13. The molecule has 1 aromatic rings. The van der Waals surface area contributed by atoms with Crippen molar-refractivity contribution in [2.75, 3.05) is 6.54 Å². The third-order valence-corrected chi connectivity index (χ3v) is 4.52. The third kappa shape index (κ3) is 7.53. The third-order valence-electron chi connectivity index (χ3n) is 3.03. The minimum absolute atomic E-state index is 0.0237. The fourth-order valence-electron chi connectivity index (χ4n) is 1.84. The van der Waals surface area contributed by atoms with E-state index in [4.69, 9.17) is 4.74 Å². The van der Waals surface area contributed by atoms with Crippen molar-refractivity contribution in [2.45, 2.75) is 50.7 Å². The molecule has 0 aliphatic heterocycles. The van der Waals surface area contributed by atoms with E-state index in [9.17, 15) is 23.1 Å². The molecule has 0 aromatic heterocycles. The van der Waals surface area contributed by atoms with Crippen LogP contribution < -0.4 is 10.0 Å². The summed E-state index contributed by atoms with van der Waals surface area (Å²) in [7, 11) is -3.98. The second-order valence-electron chi connectivity index (χ2n) is 6.54. The van der Waals surface area contributed by atoms with Crippen LogP contribution in [0.1, 0.15) is 32.8 Å². The number of nitrogens with one attached hydrogen (secondary N) is 2. The molecule has 1 aromatic carbocycles. The van der Waals surface area contributed by atoms with Crippen molar-refractivity contribution in [1.29, 1.82) is 0 Å². The zero-order valence-corrected chi connectivity index (χ0v) is 15.5. The molecule has 140 valence electrons. The van der Waals surface area contributed by atoms with E-state index in [1.54, 1.807) is 32.9 Å². The molecule has 0 saturated carbocycles. The number of aliphatic carboxylic acids is 1. The molecule has 0 saturated heterocycles. The normalized spacial score (nSPS) is 13.1. The van der Waals surface area contributed by atoms with Gasteiger partial charge in [0.25, 0.3) is 0 Å². The average molecular weight is 372 g/mol. The smallest absolute Gasteiger partial charge is 0.407 e. The second-order valence-corrected chi connectivity index (χ2v) is 8.26. The van der Waals surface area contributed by atoms with Crippen LogP contribution in [-0.2, 0) is 19.6 Å². The highest BCUT2D eigenvalue weighted by Crippen LogP contribution is 2.11. The molecule has 0 bridgehead atoms. The largest absolute Gasteiger partial charge is 0.480 e. The number of carboxylic acid groups (broad SMARTS) is 1. The summed E-state index contributed by atoms with van der Waals surface area (Å²) in [4.78, 5) is 22.8. The first-order valence-corrected chi connectivity index (χ1v) is 9.18. The number of carbonyl (C=O) groups is 2. The van der Waals surface area contributed by atoms with Crippen LogP contribution >= 0.6 is 0 Å². The van der Waals surface area contributed by atoms with Crippen LogP contribution in [0.25, 0.3) is 0 Å². The quantitative estimate of drug-likeness (QED) is 0.669. The molecular weight excluding hydrogens is 348 g/mol. The van der Waals surface area contributed by atoms with Crippen molar-refractivity contribution in [3.63, 3.8) is 0 Å². The number of aryl methyl sites for hydroxylation is 1. The van der Waals surface area contributed by atoms with Crippen LogP contribution in [0.15, 0.2) is 29.2 Å². The van der Waals surface area contributed by atoms with E-state index in [0.717, 1.165) is 5.56 Å². The number of benzene rings is 1. The van der Waals surface area contributed by atoms with Gasteiger partial charge in [0, 0.05) is 6.54 Å². The lowest BCUT2D eigenvalue weighted by Gasteiger charge is -2.20. The summed E-state index contributed by atoms with van der Waals surface area (Å²) in [5.41, 5.74) is 0.207. The van der Waals surface area contributed by atoms with E-state index >= 15 is 0 Å². The van der Waals surface area contributed by atoms with Gasteiger partial charge in [-0.2, -0.15) is 4.72 Å². The Morgan fingerprint density at radius 1 is 1.20 bits per heavy atom. The van der Waals surface area contributed by atoms with E-state index in [1.165, 1.54) is 12.1 Å². The SMILES string of the molecule is Cc1ccc(S(=O)(=O)N[C@H](CCNC(=O)OC(C)(C)C)C(=O)O)cc1. The summed E-state index contributed by atoms with van der Waals surface area (Å²) in [6, 6.07) is 4.66. The van der Waals surface area contributed by atoms with Crippen LogP contribution in [0.3, 0.4) is 0 Å². The number of alkyl carbamates (subject to hydrolysis) is 1. The summed E-state index contributed by atoms with van der Waals surface area (Å²) in [6.07, 6.45) is -0.822. The molecule has 0 spiro atoms. The minimum Gasteiger partial charge on any atom is -0.480 e. The van der Waals surface area contributed by atoms with Crippen molar-refractivity contribution in [2.24, 2.45) is 0 Å². The lowest BCUT2D eigenvalue weighted by atomic mass is 10.2. The molecular formula is C16H24N2O6S. The molecule has 0 aliphatic rings. The maximum Gasteiger partial charge on any atom is 0.407 e. The molecule has 0 aliphatic carbocycles. The number of hydrogen-bond donors (Lipinski definition) is 3. The molecule has 1 atom stereocenters. The minimum atomic E-state index is -3.98. The second kappa shape index (κ2) is 8.30. The van der Waals surface area contributed by atoms with Crippen molar-refractivity contribution in [1.82, 2.24) is 10.0 Å². The molecule has 8 nitrogen and oxygen atoms in total. The van der Waals surface area contributed by atoms with Crippen molar-refractivity contribution < 1.29 is 27.9 Å². The number of amides is 1. The standard InChI is InChI=1S/C16H24N2O6S/c1-11-5-7-12(8-6-11)25(22,23)18-13(14(19)20)9-10-17-15(21)24-16(2,3)4/h5-8,13,18H,9-10H2,1-4H3,(H,17,21)(H,19,20)/t13-/m1/s1. The van der Waals surface area contributed by atoms with Gasteiger partial charge in [-0.25, -0.2) is 13.2 Å². The van der Waals surface area contributed by atoms with Crippen LogP contribution in [-0.4, -0.2) is 43.8 Å². The number of ether oxygens (including phenoxy) is 1. The maximum atomic E-state index is 12.3. The van der Waals surface area contributed by atoms with Gasteiger partial charge in [-0.1, -0.05) is 17.7 Å². The van der Waals surface area contributed by atoms with Crippen LogP contribution in [0, 0.1) is 6.92 Å². The van der Waals surface area contributed by atoms with E-state index in [-0.39, 0.29) is 17.9 Å². The lowest BCUT2D eigenvalue weighted by Crippen LogP contribution is -2.43. The first kappa shape index (κ1) is 20.9. The molecule has 3 N–H and O–H groups in total. The Balaban J connectivity index is 2.67. The first-order valence-electron chi connectivity index (χ1n) is 7.69. The summed E-state index contributed by atoms with van der Waals surface area (Å²) >= 11 is 0. The Bertz CT molecular complexity index is 707. The van der Waals surface area contributed by atoms with Crippen molar-refractivity contribution in [3.05, 3.63) is 29.8 Å². The molecule has 0 unspecified atom stereocenters. The van der Waals surface area contributed by atoms with Gasteiger partial charge < -0.3 is 15.2 Å². The van der Waals surface area contributed by atoms with Crippen molar-refractivity contribution in [3.8, 4) is 0 Å². The van der Waals surface area contributed by atoms with Gasteiger partial charge in [-0.05, 0) is 46.2 Å². The van der Waals surface area contributed by atoms with E-state index in [2.05, 4.69) is 10.0 Å². The number of rotatable bonds is 7. The highest BCUT2D eigenvalue weighted by atomic mass is 32.2. The molecule has 0 heterocycles. The van der Waals surface area contributed by atoms with Gasteiger partial charge in [0.05, 0.1) is 4.90 Å². The van der Waals surface area contributed by atoms with E-state index < -0.39 is 33.7 Å². The monoisotopic (exact) mass is 372 g/mol. The first-order chi connectivity index (χ1) is 11.4. The fourth-order valence-corrected chi connectivity index (χ4v) is 3.06. The zero-order valence-electron chi connectivity index (χ0n) is 14.7. The molecule has 25 heavy (non-hydrogen) atoms. The Morgan fingerprint density at radius 2 is 1.76 bits per heavy atom. The Labute approximate surface area is 147 Å². The van der Waals surface area contributed by atoms with Crippen LogP contribution in [0.4, 0.5) is 4.79 Å². The predicted molar refractivity (Wildman–Crippen MR) is 91.8 cm³/mol. The molecule has 0 fully saturated rings. The summed E-state index contributed by atoms with van der Waals surface area (Å²) < 4.78 is 31.7. The van der Waals surface area contributed by atoms with Gasteiger partial charge in [-0.15, -0.1) is 0 Å². The average Bonchev–Trinajstić information content (AvgIpc) is 2.44. The summed E-state index contributed by atoms with van der Waals surface area (Å²) in [5.74, 6) is -1.33. The van der Waals surface area contributed by atoms with Crippen molar-refractivity contribution >= 4 is 22.1 Å². The zero-order chi connectivity index (χ0) is 19.3. The topological polar surface area (TPSA) is 122 Å². The molecule has 1 rings (SSSR count). The van der Waals surface area contributed by atoms with E-state index in [0.29, 0.717) is 0 Å². The molecule has 9 heteroatoms. The number of sulfonamides is 1. The van der Waals surface area contributed by atoms with Crippen LogP contribution in [0.5, 0.6) is 0 Å². The van der Waals surface area contributed by atoms with Crippen LogP contribution in [0.2, 0.25) is 0 Å².